The number of nitrogens with zero attached hydrogens (tertiary/aromatic N) is 3. The fourth-order valence-corrected chi connectivity index (χ4v) is 3.93. The van der Waals surface area contributed by atoms with Gasteiger partial charge in [-0.1, -0.05) is 6.42 Å². The monoisotopic (exact) mass is 462 g/mol. The largest absolute Gasteiger partial charge is 0.474 e. The van der Waals surface area contributed by atoms with E-state index >= 15 is 0 Å². The summed E-state index contributed by atoms with van der Waals surface area (Å²) in [5.41, 5.74) is 7.20. The van der Waals surface area contributed by atoms with Crippen LogP contribution in [0.1, 0.15) is 37.7 Å². The van der Waals surface area contributed by atoms with Crippen molar-refractivity contribution in [1.82, 2.24) is 9.88 Å². The highest BCUT2D eigenvalue weighted by Crippen LogP contribution is 2.22. The zero-order chi connectivity index (χ0) is 15.9. The van der Waals surface area contributed by atoms with E-state index in [9.17, 15) is 0 Å². The lowest BCUT2D eigenvalue weighted by Gasteiger charge is -2.27. The molecule has 2 fully saturated rings. The average molecular weight is 462 g/mol. The quantitative estimate of drug-likeness (QED) is 0.423. The van der Waals surface area contributed by atoms with Crippen molar-refractivity contribution in [2.24, 2.45) is 10.7 Å². The third-order valence-corrected chi connectivity index (χ3v) is 5.34. The number of rotatable bonds is 4. The second-order valence-electron chi connectivity index (χ2n) is 6.15. The molecular formula is C17H27IN4OS. The Morgan fingerprint density at radius 3 is 2.79 bits per heavy atom. The van der Waals surface area contributed by atoms with Gasteiger partial charge in [0.15, 0.2) is 5.96 Å². The molecule has 0 spiro atoms. The van der Waals surface area contributed by atoms with Crippen LogP contribution >= 0.6 is 35.7 Å². The van der Waals surface area contributed by atoms with Gasteiger partial charge in [0.2, 0.25) is 5.88 Å². The average Bonchev–Trinajstić information content (AvgIpc) is 2.62. The summed E-state index contributed by atoms with van der Waals surface area (Å²) < 4.78 is 6.02. The zero-order valence-corrected chi connectivity index (χ0v) is 17.2. The number of guanidine groups is 1. The predicted molar refractivity (Wildman–Crippen MR) is 111 cm³/mol. The van der Waals surface area contributed by atoms with Crippen LogP contribution in [0, 0.1) is 0 Å². The van der Waals surface area contributed by atoms with Gasteiger partial charge in [-0.05, 0) is 37.3 Å². The fourth-order valence-electron chi connectivity index (χ4n) is 3.03. The second kappa shape index (κ2) is 10.3. The lowest BCUT2D eigenvalue weighted by atomic mass is 9.98. The van der Waals surface area contributed by atoms with E-state index in [1.165, 1.54) is 19.3 Å². The van der Waals surface area contributed by atoms with Crippen molar-refractivity contribution in [3.05, 3.63) is 23.9 Å². The number of aliphatic imine (C=N–C) groups is 1. The Hall–Kier alpha value is -0.700. The van der Waals surface area contributed by atoms with E-state index in [0.717, 1.165) is 48.9 Å². The summed E-state index contributed by atoms with van der Waals surface area (Å²) in [7, 11) is 0. The molecular weight excluding hydrogens is 435 g/mol. The molecule has 1 aromatic heterocycles. The molecule has 2 aliphatic rings. The van der Waals surface area contributed by atoms with Crippen LogP contribution in [0.4, 0.5) is 0 Å². The van der Waals surface area contributed by atoms with Crippen LogP contribution in [0.15, 0.2) is 23.3 Å². The standard InChI is InChI=1S/C17H26N4OS.HI/c18-17(21-8-10-23-11-9-21)20-13-14-6-7-19-16(12-14)22-15-4-2-1-3-5-15;/h6-7,12,15H,1-5,8-11,13H2,(H2,18,20);1H. The van der Waals surface area contributed by atoms with Gasteiger partial charge in [0.05, 0.1) is 6.54 Å². The maximum Gasteiger partial charge on any atom is 0.213 e. The molecule has 5 nitrogen and oxygen atoms in total. The van der Waals surface area contributed by atoms with E-state index < -0.39 is 0 Å². The lowest BCUT2D eigenvalue weighted by Crippen LogP contribution is -2.42. The number of hydrogen-bond acceptors (Lipinski definition) is 4. The first-order chi connectivity index (χ1) is 11.3. The third kappa shape index (κ3) is 5.98. The van der Waals surface area contributed by atoms with Crippen LogP contribution in [-0.2, 0) is 6.54 Å². The van der Waals surface area contributed by atoms with Crippen LogP contribution < -0.4 is 10.5 Å². The number of aromatic nitrogens is 1. The zero-order valence-electron chi connectivity index (χ0n) is 14.0. The Morgan fingerprint density at radius 2 is 2.04 bits per heavy atom. The molecule has 0 atom stereocenters. The minimum Gasteiger partial charge on any atom is -0.474 e. The van der Waals surface area contributed by atoms with Gasteiger partial charge in [0.1, 0.15) is 6.10 Å². The van der Waals surface area contributed by atoms with Crippen molar-refractivity contribution in [2.75, 3.05) is 24.6 Å². The van der Waals surface area contributed by atoms with Crippen molar-refractivity contribution in [3.63, 3.8) is 0 Å². The van der Waals surface area contributed by atoms with Gasteiger partial charge in [-0.25, -0.2) is 9.98 Å². The molecule has 1 aliphatic heterocycles. The third-order valence-electron chi connectivity index (χ3n) is 4.40. The summed E-state index contributed by atoms with van der Waals surface area (Å²) in [6, 6.07) is 3.98. The number of nitrogens with two attached hydrogens (primary N) is 1. The summed E-state index contributed by atoms with van der Waals surface area (Å²) in [4.78, 5) is 11.0. The van der Waals surface area contributed by atoms with E-state index in [1.807, 2.05) is 23.9 Å². The molecule has 3 rings (SSSR count). The number of ether oxygens (including phenoxy) is 1. The smallest absolute Gasteiger partial charge is 0.213 e. The van der Waals surface area contributed by atoms with Crippen molar-refractivity contribution in [1.29, 1.82) is 0 Å². The van der Waals surface area contributed by atoms with Crippen molar-refractivity contribution < 1.29 is 4.74 Å². The van der Waals surface area contributed by atoms with Gasteiger partial charge in [0.25, 0.3) is 0 Å². The molecule has 0 radical (unpaired) electrons. The Balaban J connectivity index is 0.00000208. The SMILES string of the molecule is I.NC(=NCc1ccnc(OC2CCCCC2)c1)N1CCSCC1. The van der Waals surface area contributed by atoms with Gasteiger partial charge < -0.3 is 15.4 Å². The molecule has 2 heterocycles. The maximum absolute atomic E-state index is 6.10. The highest BCUT2D eigenvalue weighted by atomic mass is 127. The molecule has 1 aliphatic carbocycles. The molecule has 0 amide bonds. The Bertz CT molecular complexity index is 531. The van der Waals surface area contributed by atoms with E-state index in [4.69, 9.17) is 10.5 Å². The second-order valence-corrected chi connectivity index (χ2v) is 7.38. The minimum absolute atomic E-state index is 0. The minimum atomic E-state index is 0. The van der Waals surface area contributed by atoms with Crippen LogP contribution in [0.5, 0.6) is 5.88 Å². The molecule has 1 saturated heterocycles. The molecule has 0 aromatic carbocycles. The Labute approximate surface area is 165 Å². The molecule has 24 heavy (non-hydrogen) atoms. The summed E-state index contributed by atoms with van der Waals surface area (Å²) in [5, 5.41) is 0. The Morgan fingerprint density at radius 1 is 1.29 bits per heavy atom. The van der Waals surface area contributed by atoms with Gasteiger partial charge in [-0.2, -0.15) is 11.8 Å². The first-order valence-corrected chi connectivity index (χ1v) is 9.71. The summed E-state index contributed by atoms with van der Waals surface area (Å²) in [6.45, 7) is 2.57. The Kier molecular flexibility index (Phi) is 8.44. The molecule has 1 aromatic rings. The number of halogens is 1. The number of pyridine rings is 1. The van der Waals surface area contributed by atoms with Crippen LogP contribution in [0.3, 0.4) is 0 Å². The molecule has 7 heteroatoms. The van der Waals surface area contributed by atoms with Crippen molar-refractivity contribution in [3.8, 4) is 5.88 Å². The molecule has 1 saturated carbocycles. The van der Waals surface area contributed by atoms with Crippen LogP contribution in [0.2, 0.25) is 0 Å². The van der Waals surface area contributed by atoms with Gasteiger partial charge in [-0.3, -0.25) is 0 Å². The van der Waals surface area contributed by atoms with Crippen molar-refractivity contribution >= 4 is 41.7 Å². The van der Waals surface area contributed by atoms with Crippen LogP contribution in [0.25, 0.3) is 0 Å². The van der Waals surface area contributed by atoms with Gasteiger partial charge in [0, 0.05) is 36.9 Å². The fraction of sp³-hybridized carbons (Fsp3) is 0.647. The molecule has 2 N–H and O–H groups in total. The lowest BCUT2D eigenvalue weighted by molar-refractivity contribution is 0.148. The molecule has 0 unspecified atom stereocenters. The first-order valence-electron chi connectivity index (χ1n) is 8.55. The molecule has 134 valence electrons. The summed E-state index contributed by atoms with van der Waals surface area (Å²) in [6.07, 6.45) is 8.27. The topological polar surface area (TPSA) is 63.7 Å². The highest BCUT2D eigenvalue weighted by Gasteiger charge is 2.15. The van der Waals surface area contributed by atoms with E-state index in [0.29, 0.717) is 18.6 Å². The predicted octanol–water partition coefficient (Wildman–Crippen LogP) is 3.27. The summed E-state index contributed by atoms with van der Waals surface area (Å²) in [5.74, 6) is 3.63. The van der Waals surface area contributed by atoms with E-state index in [-0.39, 0.29) is 24.0 Å². The molecule has 0 bridgehead atoms. The van der Waals surface area contributed by atoms with Crippen molar-refractivity contribution in [2.45, 2.75) is 44.8 Å². The maximum atomic E-state index is 6.10. The van der Waals surface area contributed by atoms with Crippen LogP contribution in [-0.4, -0.2) is 46.5 Å². The number of thioether (sulfide) groups is 1. The summed E-state index contributed by atoms with van der Waals surface area (Å²) >= 11 is 1.97. The van der Waals surface area contributed by atoms with Gasteiger partial charge >= 0.3 is 0 Å². The number of hydrogen-bond donors (Lipinski definition) is 1. The highest BCUT2D eigenvalue weighted by molar-refractivity contribution is 14.0. The first kappa shape index (κ1) is 19.6. The van der Waals surface area contributed by atoms with E-state index in [2.05, 4.69) is 14.9 Å². The normalized spacial score (nSPS) is 19.7. The van der Waals surface area contributed by atoms with E-state index in [1.54, 1.807) is 6.20 Å². The van der Waals surface area contributed by atoms with Gasteiger partial charge in [-0.15, -0.1) is 24.0 Å².